The highest BCUT2D eigenvalue weighted by Gasteiger charge is 2.60. The van der Waals surface area contributed by atoms with Gasteiger partial charge in [0.25, 0.3) is 0 Å². The van der Waals surface area contributed by atoms with Crippen LogP contribution in [0, 0.1) is 17.3 Å². The molecule has 0 bridgehead atoms. The highest BCUT2D eigenvalue weighted by atomic mass is 16.5. The zero-order chi connectivity index (χ0) is 17.3. The van der Waals surface area contributed by atoms with Crippen molar-refractivity contribution in [2.75, 3.05) is 36.5 Å². The van der Waals surface area contributed by atoms with Gasteiger partial charge in [0, 0.05) is 13.1 Å². The van der Waals surface area contributed by atoms with Crippen LogP contribution in [0.5, 0.6) is 0 Å². The van der Waals surface area contributed by atoms with Gasteiger partial charge in [0.15, 0.2) is 0 Å². The van der Waals surface area contributed by atoms with E-state index in [9.17, 15) is 4.79 Å². The number of ether oxygens (including phenoxy) is 1. The van der Waals surface area contributed by atoms with Crippen LogP contribution in [0.15, 0.2) is 35.9 Å². The highest BCUT2D eigenvalue weighted by molar-refractivity contribution is 5.98. The number of carbonyl (C=O) groups excluding carboxylic acids is 1. The number of carbonyl (C=O) groups is 1. The van der Waals surface area contributed by atoms with Crippen LogP contribution < -0.4 is 10.2 Å². The minimum atomic E-state index is 0.0370. The lowest BCUT2D eigenvalue weighted by Crippen LogP contribution is -2.36. The van der Waals surface area contributed by atoms with Crippen molar-refractivity contribution in [1.82, 2.24) is 0 Å². The number of amides is 1. The van der Waals surface area contributed by atoms with Gasteiger partial charge in [-0.1, -0.05) is 37.6 Å². The van der Waals surface area contributed by atoms with Crippen molar-refractivity contribution >= 4 is 17.3 Å². The number of anilines is 2. The third kappa shape index (κ3) is 3.34. The molecule has 4 heteroatoms. The zero-order valence-electron chi connectivity index (χ0n) is 15.1. The molecule has 1 heterocycles. The number of nitrogens with one attached hydrogen (secondary N) is 1. The second kappa shape index (κ2) is 6.60. The average Bonchev–Trinajstić information content (AvgIpc) is 3.08. The molecule has 1 aromatic rings. The first-order valence-electron chi connectivity index (χ1n) is 8.79. The second-order valence-electron chi connectivity index (χ2n) is 7.67. The van der Waals surface area contributed by atoms with Crippen molar-refractivity contribution in [1.29, 1.82) is 0 Å². The highest BCUT2D eigenvalue weighted by Crippen LogP contribution is 2.59. The Kier molecular flexibility index (Phi) is 4.68. The van der Waals surface area contributed by atoms with E-state index in [-0.39, 0.29) is 17.2 Å². The van der Waals surface area contributed by atoms with Crippen LogP contribution in [0.1, 0.15) is 27.7 Å². The maximum Gasteiger partial charge on any atom is 0.228 e. The summed E-state index contributed by atoms with van der Waals surface area (Å²) in [4.78, 5) is 15.1. The van der Waals surface area contributed by atoms with E-state index >= 15 is 0 Å². The minimum Gasteiger partial charge on any atom is -0.378 e. The number of rotatable bonds is 4. The van der Waals surface area contributed by atoms with Crippen LogP contribution in [-0.4, -0.2) is 32.2 Å². The zero-order valence-corrected chi connectivity index (χ0v) is 15.1. The van der Waals surface area contributed by atoms with Gasteiger partial charge in [0.05, 0.1) is 30.5 Å². The van der Waals surface area contributed by atoms with Crippen LogP contribution in [0.2, 0.25) is 0 Å². The Balaban J connectivity index is 1.75. The Morgan fingerprint density at radius 2 is 1.92 bits per heavy atom. The molecule has 0 radical (unpaired) electrons. The Labute approximate surface area is 144 Å². The summed E-state index contributed by atoms with van der Waals surface area (Å²) in [5, 5.41) is 3.18. The molecule has 1 aliphatic carbocycles. The minimum absolute atomic E-state index is 0.0370. The number of nitrogens with zero attached hydrogens (tertiary/aromatic N) is 1. The molecule has 2 fully saturated rings. The molecule has 4 nitrogen and oxygen atoms in total. The van der Waals surface area contributed by atoms with Gasteiger partial charge in [-0.15, -0.1) is 0 Å². The van der Waals surface area contributed by atoms with Crippen LogP contribution in [0.4, 0.5) is 11.4 Å². The Bertz CT molecular complexity index is 641. The summed E-state index contributed by atoms with van der Waals surface area (Å²) < 4.78 is 5.43. The molecule has 2 atom stereocenters. The van der Waals surface area contributed by atoms with E-state index in [1.807, 2.05) is 18.2 Å². The molecule has 130 valence electrons. The van der Waals surface area contributed by atoms with Crippen molar-refractivity contribution in [3.8, 4) is 0 Å². The number of morpholine rings is 1. The Morgan fingerprint density at radius 3 is 2.58 bits per heavy atom. The van der Waals surface area contributed by atoms with Gasteiger partial charge < -0.3 is 15.0 Å². The molecule has 1 aromatic carbocycles. The lowest BCUT2D eigenvalue weighted by molar-refractivity contribution is -0.118. The summed E-state index contributed by atoms with van der Waals surface area (Å²) in [6.07, 6.45) is 2.23. The summed E-state index contributed by atoms with van der Waals surface area (Å²) in [6.45, 7) is 11.7. The van der Waals surface area contributed by atoms with Crippen LogP contribution in [-0.2, 0) is 9.53 Å². The molecular weight excluding hydrogens is 300 g/mol. The summed E-state index contributed by atoms with van der Waals surface area (Å²) in [6, 6.07) is 8.07. The van der Waals surface area contributed by atoms with E-state index in [1.165, 1.54) is 5.57 Å². The van der Waals surface area contributed by atoms with Gasteiger partial charge in [-0.05, 0) is 37.3 Å². The van der Waals surface area contributed by atoms with Gasteiger partial charge in [-0.2, -0.15) is 0 Å². The quantitative estimate of drug-likeness (QED) is 0.857. The number of hydrogen-bond acceptors (Lipinski definition) is 3. The topological polar surface area (TPSA) is 41.6 Å². The van der Waals surface area contributed by atoms with Crippen LogP contribution >= 0.6 is 0 Å². The lowest BCUT2D eigenvalue weighted by Gasteiger charge is -2.30. The van der Waals surface area contributed by atoms with E-state index in [0.717, 1.165) is 37.7 Å². The molecule has 0 aromatic heterocycles. The molecule has 1 amide bonds. The van der Waals surface area contributed by atoms with E-state index < -0.39 is 0 Å². The molecule has 1 saturated carbocycles. The molecule has 2 unspecified atom stereocenters. The van der Waals surface area contributed by atoms with Gasteiger partial charge >= 0.3 is 0 Å². The molecule has 1 aliphatic heterocycles. The van der Waals surface area contributed by atoms with Crippen molar-refractivity contribution in [2.24, 2.45) is 17.3 Å². The molecule has 1 saturated heterocycles. The molecule has 24 heavy (non-hydrogen) atoms. The van der Waals surface area contributed by atoms with E-state index in [4.69, 9.17) is 4.74 Å². The number of hydrogen-bond donors (Lipinski definition) is 1. The molecule has 0 spiro atoms. The number of para-hydroxylation sites is 2. The maximum absolute atomic E-state index is 12.8. The molecule has 2 aliphatic rings. The number of benzene rings is 1. The van der Waals surface area contributed by atoms with Crippen molar-refractivity contribution in [3.63, 3.8) is 0 Å². The third-order valence-electron chi connectivity index (χ3n) is 5.22. The first-order valence-corrected chi connectivity index (χ1v) is 8.79. The second-order valence-corrected chi connectivity index (χ2v) is 7.67. The normalized spacial score (nSPS) is 25.1. The SMILES string of the molecule is CC(C)=CC1C(C(=O)Nc2ccccc2N2CCOCC2)C1(C)C. The average molecular weight is 328 g/mol. The smallest absolute Gasteiger partial charge is 0.228 e. The fourth-order valence-corrected chi connectivity index (χ4v) is 3.72. The summed E-state index contributed by atoms with van der Waals surface area (Å²) in [5.41, 5.74) is 3.31. The van der Waals surface area contributed by atoms with Crippen LogP contribution in [0.3, 0.4) is 0 Å². The standard InChI is InChI=1S/C20H28N2O2/c1-14(2)13-15-18(20(15,3)4)19(23)21-16-7-5-6-8-17(16)22-9-11-24-12-10-22/h5-8,13,15,18H,9-12H2,1-4H3,(H,21,23). The first-order chi connectivity index (χ1) is 11.4. The largest absolute Gasteiger partial charge is 0.378 e. The maximum atomic E-state index is 12.8. The predicted molar refractivity (Wildman–Crippen MR) is 98.3 cm³/mol. The summed E-state index contributed by atoms with van der Waals surface area (Å²) >= 11 is 0. The van der Waals surface area contributed by atoms with E-state index in [0.29, 0.717) is 5.92 Å². The number of allylic oxidation sites excluding steroid dienone is 2. The summed E-state index contributed by atoms with van der Waals surface area (Å²) in [5.74, 6) is 0.506. The van der Waals surface area contributed by atoms with Gasteiger partial charge in [0.1, 0.15) is 0 Å². The monoisotopic (exact) mass is 328 g/mol. The third-order valence-corrected chi connectivity index (χ3v) is 5.22. The van der Waals surface area contributed by atoms with Crippen molar-refractivity contribution in [3.05, 3.63) is 35.9 Å². The molecular formula is C20H28N2O2. The van der Waals surface area contributed by atoms with E-state index in [1.54, 1.807) is 0 Å². The summed E-state index contributed by atoms with van der Waals surface area (Å²) in [7, 11) is 0. The Hall–Kier alpha value is -1.81. The van der Waals surface area contributed by atoms with E-state index in [2.05, 4.69) is 50.1 Å². The van der Waals surface area contributed by atoms with Gasteiger partial charge in [0.2, 0.25) is 5.91 Å². The van der Waals surface area contributed by atoms with Crippen molar-refractivity contribution in [2.45, 2.75) is 27.7 Å². The van der Waals surface area contributed by atoms with Crippen molar-refractivity contribution < 1.29 is 9.53 Å². The van der Waals surface area contributed by atoms with Gasteiger partial charge in [-0.25, -0.2) is 0 Å². The molecule has 3 rings (SSSR count). The Morgan fingerprint density at radius 1 is 1.25 bits per heavy atom. The fraction of sp³-hybridized carbons (Fsp3) is 0.550. The fourth-order valence-electron chi connectivity index (χ4n) is 3.72. The first kappa shape index (κ1) is 17.0. The van der Waals surface area contributed by atoms with Gasteiger partial charge in [-0.3, -0.25) is 4.79 Å². The molecule has 1 N–H and O–H groups in total. The predicted octanol–water partition coefficient (Wildman–Crippen LogP) is 3.70. The van der Waals surface area contributed by atoms with Crippen LogP contribution in [0.25, 0.3) is 0 Å². The lowest BCUT2D eigenvalue weighted by atomic mass is 10.1.